The lowest BCUT2D eigenvalue weighted by molar-refractivity contribution is -0.149. The lowest BCUT2D eigenvalue weighted by Crippen LogP contribution is -2.21. The van der Waals surface area contributed by atoms with Crippen molar-refractivity contribution in [3.05, 3.63) is 0 Å². The maximum Gasteiger partial charge on any atom is 0.305 e. The van der Waals surface area contributed by atoms with Gasteiger partial charge in [-0.25, -0.2) is 0 Å². The second kappa shape index (κ2) is 19.7. The molecule has 0 radical (unpaired) electrons. The van der Waals surface area contributed by atoms with E-state index in [9.17, 15) is 14.7 Å². The lowest BCUT2D eigenvalue weighted by Gasteiger charge is -2.12. The van der Waals surface area contributed by atoms with E-state index in [1.807, 2.05) is 0 Å². The van der Waals surface area contributed by atoms with Crippen molar-refractivity contribution in [2.75, 3.05) is 13.2 Å². The molecule has 0 heterocycles. The van der Waals surface area contributed by atoms with E-state index in [-0.39, 0.29) is 25.2 Å². The summed E-state index contributed by atoms with van der Waals surface area (Å²) in [6.45, 7) is 4.51. The lowest BCUT2D eigenvalue weighted by atomic mass is 10.1. The maximum absolute atomic E-state index is 11.6. The van der Waals surface area contributed by atoms with E-state index in [1.165, 1.54) is 44.9 Å². The molecule has 160 valence electrons. The molecule has 0 saturated heterocycles. The average molecular weight is 387 g/mol. The summed E-state index contributed by atoms with van der Waals surface area (Å²) >= 11 is 0. The Bertz CT molecular complexity index is 357. The van der Waals surface area contributed by atoms with E-state index >= 15 is 0 Å². The van der Waals surface area contributed by atoms with Gasteiger partial charge >= 0.3 is 11.9 Å². The number of esters is 2. The minimum atomic E-state index is -0.777. The Labute approximate surface area is 166 Å². The molecule has 0 aliphatic heterocycles. The first-order valence-corrected chi connectivity index (χ1v) is 11.1. The molecule has 0 bridgehead atoms. The Morgan fingerprint density at radius 2 is 1.15 bits per heavy atom. The number of aliphatic hydroxyl groups is 1. The van der Waals surface area contributed by atoms with Crippen LogP contribution in [0.25, 0.3) is 0 Å². The van der Waals surface area contributed by atoms with Crippen molar-refractivity contribution in [2.45, 2.75) is 116 Å². The molecule has 0 aromatic heterocycles. The van der Waals surface area contributed by atoms with Crippen molar-refractivity contribution in [3.63, 3.8) is 0 Å². The quantitative estimate of drug-likeness (QED) is 0.240. The highest BCUT2D eigenvalue weighted by Crippen LogP contribution is 2.09. The topological polar surface area (TPSA) is 72.8 Å². The van der Waals surface area contributed by atoms with Crippen molar-refractivity contribution < 1.29 is 24.2 Å². The van der Waals surface area contributed by atoms with Gasteiger partial charge in [-0.3, -0.25) is 9.59 Å². The van der Waals surface area contributed by atoms with Crippen molar-refractivity contribution in [2.24, 2.45) is 0 Å². The Balaban J connectivity index is 3.47. The minimum Gasteiger partial charge on any atom is -0.466 e. The van der Waals surface area contributed by atoms with E-state index in [2.05, 4.69) is 13.8 Å². The maximum atomic E-state index is 11.6. The third kappa shape index (κ3) is 19.5. The van der Waals surface area contributed by atoms with Gasteiger partial charge in [-0.05, 0) is 12.8 Å². The number of rotatable bonds is 19. The highest BCUT2D eigenvalue weighted by Gasteiger charge is 2.10. The average Bonchev–Trinajstić information content (AvgIpc) is 2.65. The number of unbranched alkanes of at least 4 members (excludes halogenated alkanes) is 10. The van der Waals surface area contributed by atoms with Crippen LogP contribution >= 0.6 is 0 Å². The second-order valence-corrected chi connectivity index (χ2v) is 7.38. The summed E-state index contributed by atoms with van der Waals surface area (Å²) in [5.74, 6) is -0.470. The first-order chi connectivity index (χ1) is 13.1. The molecule has 1 atom stereocenters. The molecule has 0 spiro atoms. The van der Waals surface area contributed by atoms with E-state index in [1.54, 1.807) is 0 Å². The first-order valence-electron chi connectivity index (χ1n) is 11.1. The number of aliphatic hydroxyl groups excluding tert-OH is 1. The van der Waals surface area contributed by atoms with Gasteiger partial charge in [-0.2, -0.15) is 0 Å². The third-order valence-corrected chi connectivity index (χ3v) is 4.62. The van der Waals surface area contributed by atoms with Crippen molar-refractivity contribution >= 4 is 11.9 Å². The van der Waals surface area contributed by atoms with Crippen LogP contribution in [0.5, 0.6) is 0 Å². The molecule has 27 heavy (non-hydrogen) atoms. The number of carbonyl (C=O) groups is 2. The van der Waals surface area contributed by atoms with Gasteiger partial charge in [-0.15, -0.1) is 0 Å². The van der Waals surface area contributed by atoms with E-state index in [0.717, 1.165) is 32.1 Å². The van der Waals surface area contributed by atoms with E-state index < -0.39 is 6.10 Å². The van der Waals surface area contributed by atoms with Crippen LogP contribution in [0.4, 0.5) is 0 Å². The SMILES string of the molecule is CCCCCCCCC(=O)OCCC(O)COC(=O)CCCCCCCC. The van der Waals surface area contributed by atoms with Gasteiger partial charge in [-0.1, -0.05) is 78.1 Å². The Morgan fingerprint density at radius 3 is 1.67 bits per heavy atom. The molecular formula is C22H42O5. The van der Waals surface area contributed by atoms with E-state index in [0.29, 0.717) is 19.3 Å². The summed E-state index contributed by atoms with van der Waals surface area (Å²) in [7, 11) is 0. The van der Waals surface area contributed by atoms with Crippen LogP contribution < -0.4 is 0 Å². The van der Waals surface area contributed by atoms with Gasteiger partial charge in [0.05, 0.1) is 12.7 Å². The van der Waals surface area contributed by atoms with Crippen LogP contribution in [0.15, 0.2) is 0 Å². The fraction of sp³-hybridized carbons (Fsp3) is 0.909. The first kappa shape index (κ1) is 25.9. The second-order valence-electron chi connectivity index (χ2n) is 7.38. The predicted octanol–water partition coefficient (Wildman–Crippen LogP) is 5.33. The van der Waals surface area contributed by atoms with Crippen LogP contribution in [0, 0.1) is 0 Å². The van der Waals surface area contributed by atoms with Gasteiger partial charge < -0.3 is 14.6 Å². The molecule has 5 heteroatoms. The van der Waals surface area contributed by atoms with Gasteiger partial charge in [0.1, 0.15) is 6.61 Å². The summed E-state index contributed by atoms with van der Waals surface area (Å²) in [4.78, 5) is 23.2. The van der Waals surface area contributed by atoms with Gasteiger partial charge in [0.2, 0.25) is 0 Å². The Kier molecular flexibility index (Phi) is 18.9. The van der Waals surface area contributed by atoms with Crippen molar-refractivity contribution in [1.29, 1.82) is 0 Å². The zero-order valence-electron chi connectivity index (χ0n) is 17.7. The zero-order valence-corrected chi connectivity index (χ0v) is 17.7. The summed E-state index contributed by atoms with van der Waals surface area (Å²) < 4.78 is 10.2. The fourth-order valence-corrected chi connectivity index (χ4v) is 2.82. The van der Waals surface area contributed by atoms with Gasteiger partial charge in [0, 0.05) is 19.3 Å². The van der Waals surface area contributed by atoms with Crippen LogP contribution in [-0.2, 0) is 19.1 Å². The summed E-state index contributed by atoms with van der Waals surface area (Å²) in [5, 5.41) is 9.81. The molecule has 0 rings (SSSR count). The highest BCUT2D eigenvalue weighted by molar-refractivity contribution is 5.69. The number of ether oxygens (including phenoxy) is 2. The van der Waals surface area contributed by atoms with Crippen molar-refractivity contribution in [3.8, 4) is 0 Å². The summed E-state index contributed by atoms with van der Waals surface area (Å²) in [6.07, 6.45) is 13.9. The zero-order chi connectivity index (χ0) is 20.2. The van der Waals surface area contributed by atoms with E-state index in [4.69, 9.17) is 9.47 Å². The molecule has 1 unspecified atom stereocenters. The molecule has 0 amide bonds. The van der Waals surface area contributed by atoms with Gasteiger partial charge in [0.15, 0.2) is 0 Å². The smallest absolute Gasteiger partial charge is 0.305 e. The number of hydrogen-bond acceptors (Lipinski definition) is 5. The number of carbonyl (C=O) groups excluding carboxylic acids is 2. The van der Waals surface area contributed by atoms with Crippen LogP contribution in [0.2, 0.25) is 0 Å². The normalized spacial score (nSPS) is 12.0. The molecule has 0 aromatic rings. The summed E-state index contributed by atoms with van der Waals surface area (Å²) in [6, 6.07) is 0. The molecular weight excluding hydrogens is 344 g/mol. The largest absolute Gasteiger partial charge is 0.466 e. The minimum absolute atomic E-state index is 0.0242. The van der Waals surface area contributed by atoms with Crippen LogP contribution in [0.3, 0.4) is 0 Å². The third-order valence-electron chi connectivity index (χ3n) is 4.62. The van der Waals surface area contributed by atoms with Gasteiger partial charge in [0.25, 0.3) is 0 Å². The Morgan fingerprint density at radius 1 is 0.704 bits per heavy atom. The Hall–Kier alpha value is -1.10. The standard InChI is InChI=1S/C22H42O5/c1-3-5-7-9-11-13-15-21(24)26-18-17-20(23)19-27-22(25)16-14-12-10-8-6-4-2/h20,23H,3-19H2,1-2H3. The molecule has 5 nitrogen and oxygen atoms in total. The molecule has 0 saturated carbocycles. The molecule has 1 N–H and O–H groups in total. The van der Waals surface area contributed by atoms with Crippen molar-refractivity contribution in [1.82, 2.24) is 0 Å². The molecule has 0 aliphatic rings. The highest BCUT2D eigenvalue weighted by atomic mass is 16.5. The van der Waals surface area contributed by atoms with Crippen LogP contribution in [0.1, 0.15) is 110 Å². The van der Waals surface area contributed by atoms with Crippen LogP contribution in [-0.4, -0.2) is 36.4 Å². The summed E-state index contributed by atoms with van der Waals surface area (Å²) in [5.41, 5.74) is 0. The predicted molar refractivity (Wildman–Crippen MR) is 109 cm³/mol. The number of hydrogen-bond donors (Lipinski definition) is 1. The molecule has 0 aliphatic carbocycles. The molecule has 0 fully saturated rings. The fourth-order valence-electron chi connectivity index (χ4n) is 2.82. The monoisotopic (exact) mass is 386 g/mol. The molecule has 0 aromatic carbocycles.